The number of fused-ring (bicyclic) bond motifs is 1. The zero-order valence-corrected chi connectivity index (χ0v) is 20.2. The minimum atomic E-state index is -3.92. The second-order valence-corrected chi connectivity index (χ2v) is 11.0. The normalized spacial score (nSPS) is 17.0. The maximum Gasteiger partial charge on any atom is 0.265 e. The molecule has 178 valence electrons. The number of carbonyl (C=O) groups is 1. The van der Waals surface area contributed by atoms with Crippen molar-refractivity contribution in [2.45, 2.75) is 30.2 Å². The summed E-state index contributed by atoms with van der Waals surface area (Å²) in [7, 11) is -3.92. The highest BCUT2D eigenvalue weighted by molar-refractivity contribution is 7.93. The first kappa shape index (κ1) is 23.0. The summed E-state index contributed by atoms with van der Waals surface area (Å²) in [5.41, 5.74) is 1.89. The number of nitrogens with zero attached hydrogens (tertiary/aromatic N) is 1. The van der Waals surface area contributed by atoms with E-state index in [1.165, 1.54) is 21.3 Å². The van der Waals surface area contributed by atoms with Crippen molar-refractivity contribution in [3.05, 3.63) is 82.8 Å². The van der Waals surface area contributed by atoms with E-state index in [1.54, 1.807) is 18.4 Å². The number of rotatable bonds is 7. The molecule has 0 saturated carbocycles. The highest BCUT2D eigenvalue weighted by atomic mass is 35.5. The fourth-order valence-corrected chi connectivity index (χ4v) is 6.94. The summed E-state index contributed by atoms with van der Waals surface area (Å²) in [6.07, 6.45) is 4.59. The molecular formula is C25H27ClN3O4S+. The lowest BCUT2D eigenvalue weighted by atomic mass is 10.1. The van der Waals surface area contributed by atoms with Crippen LogP contribution in [0.3, 0.4) is 0 Å². The number of nitrogens with one attached hydrogen (secondary N) is 2. The van der Waals surface area contributed by atoms with E-state index in [0.717, 1.165) is 37.3 Å². The number of carbonyl (C=O) groups excluding carboxylic acids is 1. The van der Waals surface area contributed by atoms with E-state index in [4.69, 9.17) is 16.0 Å². The number of amides is 1. The van der Waals surface area contributed by atoms with Crippen LogP contribution in [0.5, 0.6) is 0 Å². The molecule has 1 fully saturated rings. The zero-order valence-electron chi connectivity index (χ0n) is 18.7. The average molecular weight is 501 g/mol. The van der Waals surface area contributed by atoms with Crippen molar-refractivity contribution in [2.24, 2.45) is 0 Å². The van der Waals surface area contributed by atoms with Crippen molar-refractivity contribution in [3.8, 4) is 0 Å². The van der Waals surface area contributed by atoms with Gasteiger partial charge in [-0.15, -0.1) is 0 Å². The molecule has 3 aromatic rings. The molecule has 1 saturated heterocycles. The smallest absolute Gasteiger partial charge is 0.265 e. The molecule has 0 radical (unpaired) electrons. The van der Waals surface area contributed by atoms with E-state index in [9.17, 15) is 13.2 Å². The Balaban J connectivity index is 1.37. The molecule has 1 amide bonds. The van der Waals surface area contributed by atoms with E-state index in [0.29, 0.717) is 25.2 Å². The highest BCUT2D eigenvalue weighted by Crippen LogP contribution is 2.35. The van der Waals surface area contributed by atoms with E-state index < -0.39 is 10.0 Å². The van der Waals surface area contributed by atoms with Crippen LogP contribution in [0.4, 0.5) is 5.69 Å². The molecule has 1 aromatic heterocycles. The molecule has 5 rings (SSSR count). The van der Waals surface area contributed by atoms with Gasteiger partial charge in [-0.1, -0.05) is 29.8 Å². The van der Waals surface area contributed by atoms with E-state index >= 15 is 0 Å². The number of hydrogen-bond donors (Lipinski definition) is 2. The number of benzene rings is 2. The predicted octanol–water partition coefficient (Wildman–Crippen LogP) is 2.83. The van der Waals surface area contributed by atoms with Crippen LogP contribution in [0.1, 0.15) is 40.6 Å². The number of hydrogen-bond acceptors (Lipinski definition) is 4. The van der Waals surface area contributed by atoms with E-state index in [-0.39, 0.29) is 27.4 Å². The summed E-state index contributed by atoms with van der Waals surface area (Å²) in [5.74, 6) is 0.495. The second kappa shape index (κ2) is 9.44. The molecule has 2 aliphatic heterocycles. The van der Waals surface area contributed by atoms with Crippen LogP contribution in [0, 0.1) is 0 Å². The molecule has 3 heterocycles. The molecule has 2 aliphatic rings. The first-order valence-electron chi connectivity index (χ1n) is 11.5. The number of anilines is 1. The lowest BCUT2D eigenvalue weighted by Crippen LogP contribution is -3.11. The number of sulfonamides is 1. The van der Waals surface area contributed by atoms with E-state index in [2.05, 4.69) is 5.32 Å². The molecule has 0 spiro atoms. The van der Waals surface area contributed by atoms with Gasteiger partial charge < -0.3 is 14.6 Å². The van der Waals surface area contributed by atoms with Gasteiger partial charge in [-0.05, 0) is 48.4 Å². The molecule has 9 heteroatoms. The van der Waals surface area contributed by atoms with Crippen molar-refractivity contribution >= 4 is 33.2 Å². The standard InChI is InChI=1S/C25H26ClN3O4S/c26-20-10-9-19(16-24(20)34(31,32)29-14-11-18-6-1-2-7-21(18)29)25(30)27-17-22(23-8-5-15-33-23)28-12-3-4-13-28/h1-2,5-10,15-16,22H,3-4,11-14,17H2,(H,27,30)/p+1/t22-/m0/s1. The zero-order chi connectivity index (χ0) is 23.7. The molecular weight excluding hydrogens is 474 g/mol. The van der Waals surface area contributed by atoms with E-state index in [1.807, 2.05) is 30.3 Å². The van der Waals surface area contributed by atoms with Gasteiger partial charge in [-0.2, -0.15) is 0 Å². The first-order valence-corrected chi connectivity index (χ1v) is 13.3. The van der Waals surface area contributed by atoms with Gasteiger partial charge in [-0.25, -0.2) is 8.42 Å². The number of furan rings is 1. The van der Waals surface area contributed by atoms with Gasteiger partial charge in [0.05, 0.1) is 36.6 Å². The minimum absolute atomic E-state index is 0.0121. The molecule has 2 aromatic carbocycles. The molecule has 0 aliphatic carbocycles. The van der Waals surface area contributed by atoms with Crippen LogP contribution >= 0.6 is 11.6 Å². The van der Waals surface area contributed by atoms with Gasteiger partial charge in [0.25, 0.3) is 15.9 Å². The highest BCUT2D eigenvalue weighted by Gasteiger charge is 2.33. The van der Waals surface area contributed by atoms with Crippen molar-refractivity contribution in [2.75, 3.05) is 30.5 Å². The van der Waals surface area contributed by atoms with Crippen LogP contribution in [0.15, 0.2) is 70.2 Å². The number of para-hydroxylation sites is 1. The van der Waals surface area contributed by atoms with Crippen molar-refractivity contribution in [3.63, 3.8) is 0 Å². The predicted molar refractivity (Wildman–Crippen MR) is 130 cm³/mol. The van der Waals surface area contributed by atoms with Gasteiger partial charge in [-0.3, -0.25) is 9.10 Å². The van der Waals surface area contributed by atoms with Crippen molar-refractivity contribution in [1.29, 1.82) is 0 Å². The van der Waals surface area contributed by atoms with Crippen LogP contribution in [0.2, 0.25) is 5.02 Å². The molecule has 1 atom stereocenters. The Labute approximate surface area is 204 Å². The minimum Gasteiger partial charge on any atom is -0.463 e. The Hall–Kier alpha value is -2.81. The average Bonchev–Trinajstić information content (AvgIpc) is 3.61. The third kappa shape index (κ3) is 4.33. The van der Waals surface area contributed by atoms with Crippen LogP contribution in [0.25, 0.3) is 0 Å². The van der Waals surface area contributed by atoms with Crippen LogP contribution < -0.4 is 14.5 Å². The summed E-state index contributed by atoms with van der Waals surface area (Å²) >= 11 is 6.32. The van der Waals surface area contributed by atoms with Gasteiger partial charge in [0.15, 0.2) is 11.8 Å². The molecule has 0 bridgehead atoms. The van der Waals surface area contributed by atoms with Crippen LogP contribution in [-0.2, 0) is 16.4 Å². The van der Waals surface area contributed by atoms with Gasteiger partial charge in [0.1, 0.15) is 4.90 Å². The Morgan fingerprint density at radius 3 is 2.68 bits per heavy atom. The summed E-state index contributed by atoms with van der Waals surface area (Å²) in [5, 5.41) is 3.07. The molecule has 7 nitrogen and oxygen atoms in total. The summed E-state index contributed by atoms with van der Waals surface area (Å²) in [4.78, 5) is 14.4. The maximum absolute atomic E-state index is 13.5. The molecule has 0 unspecified atom stereocenters. The summed E-state index contributed by atoms with van der Waals surface area (Å²) < 4.78 is 34.0. The first-order chi connectivity index (χ1) is 16.4. The third-order valence-corrected chi connectivity index (χ3v) is 8.99. The Kier molecular flexibility index (Phi) is 6.38. The number of likely N-dealkylation sites (tertiary alicyclic amines) is 1. The van der Waals surface area contributed by atoms with Crippen molar-refractivity contribution in [1.82, 2.24) is 5.32 Å². The van der Waals surface area contributed by atoms with Crippen LogP contribution in [-0.4, -0.2) is 40.5 Å². The quantitative estimate of drug-likeness (QED) is 0.522. The fourth-order valence-electron chi connectivity index (χ4n) is 4.93. The van der Waals surface area contributed by atoms with Gasteiger partial charge in [0, 0.05) is 24.9 Å². The largest absolute Gasteiger partial charge is 0.463 e. The SMILES string of the molecule is O=C(NC[C@@H](c1ccco1)[NH+]1CCCC1)c1ccc(Cl)c(S(=O)(=O)N2CCc3ccccc32)c1. The second-order valence-electron chi connectivity index (χ2n) is 8.74. The lowest BCUT2D eigenvalue weighted by Gasteiger charge is -2.23. The lowest BCUT2D eigenvalue weighted by molar-refractivity contribution is -0.919. The fraction of sp³-hybridized carbons (Fsp3) is 0.320. The Bertz CT molecular complexity index is 1290. The maximum atomic E-state index is 13.5. The third-order valence-electron chi connectivity index (χ3n) is 6.70. The summed E-state index contributed by atoms with van der Waals surface area (Å²) in [6, 6.07) is 15.6. The van der Waals surface area contributed by atoms with Gasteiger partial charge >= 0.3 is 0 Å². The topological polar surface area (TPSA) is 84.1 Å². The Morgan fingerprint density at radius 1 is 1.12 bits per heavy atom. The number of halogens is 1. The Morgan fingerprint density at radius 2 is 1.91 bits per heavy atom. The van der Waals surface area contributed by atoms with Crippen molar-refractivity contribution < 1.29 is 22.5 Å². The molecule has 34 heavy (non-hydrogen) atoms. The van der Waals surface area contributed by atoms with Gasteiger partial charge in [0.2, 0.25) is 0 Å². The number of quaternary nitrogens is 1. The summed E-state index contributed by atoms with van der Waals surface area (Å²) in [6.45, 7) is 2.80. The molecule has 2 N–H and O–H groups in total. The monoisotopic (exact) mass is 500 g/mol.